The molecule has 0 aliphatic heterocycles. The minimum atomic E-state index is -0.0887. The van der Waals surface area contributed by atoms with Gasteiger partial charge in [0.1, 0.15) is 5.15 Å². The highest BCUT2D eigenvalue weighted by molar-refractivity contribution is 6.30. The number of nitrogens with zero attached hydrogens (tertiary/aromatic N) is 1. The van der Waals surface area contributed by atoms with E-state index in [1.807, 2.05) is 24.3 Å². The van der Waals surface area contributed by atoms with Crippen molar-refractivity contribution in [2.45, 2.75) is 32.7 Å². The summed E-state index contributed by atoms with van der Waals surface area (Å²) < 4.78 is 0. The zero-order chi connectivity index (χ0) is 13.8. The number of hydrogen-bond donors (Lipinski definition) is 1. The molecule has 1 amide bonds. The van der Waals surface area contributed by atoms with E-state index in [1.165, 1.54) is 0 Å². The van der Waals surface area contributed by atoms with Crippen LogP contribution in [0.1, 0.15) is 37.0 Å². The lowest BCUT2D eigenvalue weighted by molar-refractivity contribution is 0.0936. The number of halogens is 1. The Balaban J connectivity index is 2.41. The molecule has 0 aliphatic carbocycles. The highest BCUT2D eigenvalue weighted by Crippen LogP contribution is 2.21. The number of para-hydroxylation sites is 1. The Bertz CT molecular complexity index is 594. The fraction of sp³-hybridized carbons (Fsp3) is 0.333. The van der Waals surface area contributed by atoms with Crippen LogP contribution in [-0.4, -0.2) is 16.9 Å². The van der Waals surface area contributed by atoms with Crippen molar-refractivity contribution in [1.82, 2.24) is 10.3 Å². The molecule has 0 saturated carbocycles. The van der Waals surface area contributed by atoms with Gasteiger partial charge in [0.05, 0.1) is 11.1 Å². The summed E-state index contributed by atoms with van der Waals surface area (Å²) in [6.07, 6.45) is 1.83. The minimum Gasteiger partial charge on any atom is -0.349 e. The predicted molar refractivity (Wildman–Crippen MR) is 78.6 cm³/mol. The molecule has 19 heavy (non-hydrogen) atoms. The van der Waals surface area contributed by atoms with Gasteiger partial charge in [-0.15, -0.1) is 0 Å². The quantitative estimate of drug-likeness (QED) is 0.863. The summed E-state index contributed by atoms with van der Waals surface area (Å²) in [5.74, 6) is -0.0887. The molecule has 100 valence electrons. The maximum atomic E-state index is 12.3. The topological polar surface area (TPSA) is 42.0 Å². The van der Waals surface area contributed by atoms with Crippen molar-refractivity contribution in [2.24, 2.45) is 0 Å². The number of carbonyl (C=O) groups excluding carboxylic acids is 1. The normalized spacial score (nSPS) is 10.9. The van der Waals surface area contributed by atoms with Crippen molar-refractivity contribution < 1.29 is 4.79 Å². The second-order valence-corrected chi connectivity index (χ2v) is 4.88. The van der Waals surface area contributed by atoms with Gasteiger partial charge in [-0.25, -0.2) is 4.98 Å². The van der Waals surface area contributed by atoms with E-state index in [2.05, 4.69) is 24.1 Å². The van der Waals surface area contributed by atoms with Crippen LogP contribution in [0.3, 0.4) is 0 Å². The summed E-state index contributed by atoms with van der Waals surface area (Å²) in [6.45, 7) is 4.12. The zero-order valence-electron chi connectivity index (χ0n) is 11.1. The molecule has 0 aliphatic rings. The first-order valence-electron chi connectivity index (χ1n) is 6.51. The van der Waals surface area contributed by atoms with Crippen LogP contribution in [0.4, 0.5) is 0 Å². The van der Waals surface area contributed by atoms with Gasteiger partial charge in [-0.2, -0.15) is 0 Å². The van der Waals surface area contributed by atoms with Crippen LogP contribution in [0.5, 0.6) is 0 Å². The second-order valence-electron chi connectivity index (χ2n) is 4.50. The van der Waals surface area contributed by atoms with E-state index in [4.69, 9.17) is 11.6 Å². The maximum absolute atomic E-state index is 12.3. The van der Waals surface area contributed by atoms with Crippen molar-refractivity contribution in [3.05, 3.63) is 41.0 Å². The summed E-state index contributed by atoms with van der Waals surface area (Å²) in [5, 5.41) is 4.20. The third kappa shape index (κ3) is 3.04. The Kier molecular flexibility index (Phi) is 4.38. The standard InChI is InChI=1S/C15H17ClN2O/c1-3-10(4-2)17-15(19)12-9-14(16)18-13-8-6-5-7-11(12)13/h5-10H,3-4H2,1-2H3,(H,17,19). The number of fused-ring (bicyclic) bond motifs is 1. The van der Waals surface area contributed by atoms with Crippen LogP contribution >= 0.6 is 11.6 Å². The smallest absolute Gasteiger partial charge is 0.252 e. The highest BCUT2D eigenvalue weighted by Gasteiger charge is 2.14. The van der Waals surface area contributed by atoms with Crippen LogP contribution in [0.2, 0.25) is 5.15 Å². The fourth-order valence-corrected chi connectivity index (χ4v) is 2.29. The van der Waals surface area contributed by atoms with Gasteiger partial charge in [0.25, 0.3) is 5.91 Å². The van der Waals surface area contributed by atoms with Crippen molar-refractivity contribution >= 4 is 28.4 Å². The fourth-order valence-electron chi connectivity index (χ4n) is 2.09. The van der Waals surface area contributed by atoms with Gasteiger partial charge in [-0.1, -0.05) is 43.6 Å². The van der Waals surface area contributed by atoms with Crippen LogP contribution in [0.15, 0.2) is 30.3 Å². The predicted octanol–water partition coefficient (Wildman–Crippen LogP) is 3.81. The van der Waals surface area contributed by atoms with E-state index in [-0.39, 0.29) is 11.9 Å². The molecular weight excluding hydrogens is 260 g/mol. The number of carbonyl (C=O) groups is 1. The number of nitrogens with one attached hydrogen (secondary N) is 1. The van der Waals surface area contributed by atoms with Crippen molar-refractivity contribution in [1.29, 1.82) is 0 Å². The van der Waals surface area contributed by atoms with Gasteiger partial charge in [0.15, 0.2) is 0 Å². The zero-order valence-corrected chi connectivity index (χ0v) is 11.9. The number of pyridine rings is 1. The lowest BCUT2D eigenvalue weighted by Crippen LogP contribution is -2.33. The number of amides is 1. The van der Waals surface area contributed by atoms with E-state index >= 15 is 0 Å². The van der Waals surface area contributed by atoms with E-state index in [1.54, 1.807) is 6.07 Å². The van der Waals surface area contributed by atoms with Crippen LogP contribution < -0.4 is 5.32 Å². The van der Waals surface area contributed by atoms with Crippen LogP contribution in [0.25, 0.3) is 10.9 Å². The molecule has 0 atom stereocenters. The van der Waals surface area contributed by atoms with E-state index < -0.39 is 0 Å². The summed E-state index contributed by atoms with van der Waals surface area (Å²) in [6, 6.07) is 9.34. The summed E-state index contributed by atoms with van der Waals surface area (Å²) in [4.78, 5) is 16.6. The molecule has 1 aromatic heterocycles. The van der Waals surface area contributed by atoms with Gasteiger partial charge < -0.3 is 5.32 Å². The second kappa shape index (κ2) is 6.02. The van der Waals surface area contributed by atoms with Crippen molar-refractivity contribution in [2.75, 3.05) is 0 Å². The molecule has 1 N–H and O–H groups in total. The van der Waals surface area contributed by atoms with Gasteiger partial charge >= 0.3 is 0 Å². The average Bonchev–Trinajstić information content (AvgIpc) is 2.43. The SMILES string of the molecule is CCC(CC)NC(=O)c1cc(Cl)nc2ccccc12. The third-order valence-corrected chi connectivity index (χ3v) is 3.44. The molecule has 4 heteroatoms. The average molecular weight is 277 g/mol. The first-order chi connectivity index (χ1) is 9.15. The molecule has 3 nitrogen and oxygen atoms in total. The Hall–Kier alpha value is -1.61. The first kappa shape index (κ1) is 13.8. The lowest BCUT2D eigenvalue weighted by atomic mass is 10.1. The molecule has 1 heterocycles. The third-order valence-electron chi connectivity index (χ3n) is 3.25. The van der Waals surface area contributed by atoms with E-state index in [0.29, 0.717) is 10.7 Å². The largest absolute Gasteiger partial charge is 0.349 e. The van der Waals surface area contributed by atoms with E-state index in [0.717, 1.165) is 23.7 Å². The first-order valence-corrected chi connectivity index (χ1v) is 6.89. The summed E-state index contributed by atoms with van der Waals surface area (Å²) in [7, 11) is 0. The molecule has 0 spiro atoms. The lowest BCUT2D eigenvalue weighted by Gasteiger charge is -2.15. The molecule has 2 aromatic rings. The van der Waals surface area contributed by atoms with Gasteiger partial charge in [0, 0.05) is 11.4 Å². The minimum absolute atomic E-state index is 0.0887. The summed E-state index contributed by atoms with van der Waals surface area (Å²) in [5.41, 5.74) is 1.33. The Morgan fingerprint density at radius 1 is 1.32 bits per heavy atom. The molecular formula is C15H17ClN2O. The number of benzene rings is 1. The molecule has 2 rings (SSSR count). The summed E-state index contributed by atoms with van der Waals surface area (Å²) >= 11 is 5.98. The van der Waals surface area contributed by atoms with Crippen LogP contribution in [0, 0.1) is 0 Å². The number of aromatic nitrogens is 1. The molecule has 1 aromatic carbocycles. The Morgan fingerprint density at radius 3 is 2.68 bits per heavy atom. The highest BCUT2D eigenvalue weighted by atomic mass is 35.5. The molecule has 0 fully saturated rings. The molecule has 0 radical (unpaired) electrons. The number of hydrogen-bond acceptors (Lipinski definition) is 2. The maximum Gasteiger partial charge on any atom is 0.252 e. The van der Waals surface area contributed by atoms with Gasteiger partial charge in [0.2, 0.25) is 0 Å². The van der Waals surface area contributed by atoms with Crippen molar-refractivity contribution in [3.63, 3.8) is 0 Å². The molecule has 0 bridgehead atoms. The Labute approximate surface area is 118 Å². The van der Waals surface area contributed by atoms with Gasteiger partial charge in [-0.3, -0.25) is 4.79 Å². The monoisotopic (exact) mass is 276 g/mol. The van der Waals surface area contributed by atoms with Gasteiger partial charge in [-0.05, 0) is 25.0 Å². The van der Waals surface area contributed by atoms with Crippen LogP contribution in [-0.2, 0) is 0 Å². The molecule has 0 saturated heterocycles. The Morgan fingerprint density at radius 2 is 2.00 bits per heavy atom. The molecule has 0 unspecified atom stereocenters. The van der Waals surface area contributed by atoms with Crippen molar-refractivity contribution in [3.8, 4) is 0 Å². The number of rotatable bonds is 4. The van der Waals surface area contributed by atoms with E-state index in [9.17, 15) is 4.79 Å².